The molecule has 0 bridgehead atoms. The Morgan fingerprint density at radius 2 is 1.71 bits per heavy atom. The van der Waals surface area contributed by atoms with E-state index >= 15 is 0 Å². The first-order valence-electron chi connectivity index (χ1n) is 15.1. The van der Waals surface area contributed by atoms with Crippen LogP contribution in [0.5, 0.6) is 0 Å². The Kier molecular flexibility index (Phi) is 9.91. The highest BCUT2D eigenvalue weighted by atomic mass is 32.2. The highest BCUT2D eigenvalue weighted by Crippen LogP contribution is 2.67. The Bertz CT molecular complexity index is 1200. The third-order valence-corrected chi connectivity index (χ3v) is 11.8. The van der Waals surface area contributed by atoms with E-state index in [-0.39, 0.29) is 47.2 Å². The summed E-state index contributed by atoms with van der Waals surface area (Å²) >= 11 is 0. The van der Waals surface area contributed by atoms with Crippen LogP contribution in [0.2, 0.25) is 0 Å². The van der Waals surface area contributed by atoms with Gasteiger partial charge in [0.15, 0.2) is 11.6 Å². The summed E-state index contributed by atoms with van der Waals surface area (Å²) in [5.41, 5.74) is -1.59. The zero-order valence-electron chi connectivity index (χ0n) is 25.0. The van der Waals surface area contributed by atoms with Crippen LogP contribution in [0.25, 0.3) is 0 Å². The molecule has 11 nitrogen and oxygen atoms in total. The maximum atomic E-state index is 12.4. The molecule has 1 heterocycles. The second-order valence-corrected chi connectivity index (χ2v) is 15.0. The molecule has 238 valence electrons. The lowest BCUT2D eigenvalue weighted by atomic mass is 9.45. The minimum atomic E-state index is -3.84. The van der Waals surface area contributed by atoms with Crippen LogP contribution in [-0.2, 0) is 19.7 Å². The standard InChI is InChI=1S/C22H30O5.C8H18N2O4S/c1-12-8-14-15-5-7-22(27,18(26)11-23)21(15,3)10-17(25)19(14)20(2)6-4-13(24)9-16(12)20;11-7-5-9-1-3-10(4-2-9)6-8-15(12,13)14/h4,6,9,12,14-15,17,19,23,25,27H,5,7-8,10-11H2,1-3H3;11H,1-8H2,(H,12,13,14)/t12-,14-,15-,17-,19+,20-,21-,22-;/m0./s1. The number of carbonyl (C=O) groups excluding carboxylic acids is 2. The average molecular weight is 613 g/mol. The van der Waals surface area contributed by atoms with Crippen molar-refractivity contribution in [2.24, 2.45) is 34.5 Å². The largest absolute Gasteiger partial charge is 0.395 e. The van der Waals surface area contributed by atoms with Gasteiger partial charge in [0.2, 0.25) is 0 Å². The maximum Gasteiger partial charge on any atom is 0.266 e. The molecule has 5 aliphatic rings. The number of allylic oxidation sites excluding steroid dienone is 4. The Hall–Kier alpha value is -1.51. The second kappa shape index (κ2) is 12.5. The lowest BCUT2D eigenvalue weighted by Gasteiger charge is -2.60. The van der Waals surface area contributed by atoms with Gasteiger partial charge in [0, 0.05) is 56.0 Å². The van der Waals surface area contributed by atoms with Crippen LogP contribution in [0.4, 0.5) is 0 Å². The van der Waals surface area contributed by atoms with Gasteiger partial charge in [0.05, 0.1) is 18.5 Å². The molecule has 4 fully saturated rings. The van der Waals surface area contributed by atoms with E-state index in [0.29, 0.717) is 25.9 Å². The van der Waals surface area contributed by atoms with Crippen LogP contribution in [-0.4, -0.2) is 125 Å². The Balaban J connectivity index is 0.000000230. The number of carbonyl (C=O) groups is 2. The van der Waals surface area contributed by atoms with Crippen LogP contribution < -0.4 is 0 Å². The number of hydrogen-bond acceptors (Lipinski definition) is 10. The lowest BCUT2D eigenvalue weighted by Crippen LogP contribution is -2.62. The van der Waals surface area contributed by atoms with Crippen molar-refractivity contribution in [3.8, 4) is 0 Å². The predicted molar refractivity (Wildman–Crippen MR) is 156 cm³/mol. The van der Waals surface area contributed by atoms with Crippen molar-refractivity contribution in [2.75, 3.05) is 58.2 Å². The molecule has 5 N–H and O–H groups in total. The normalized spacial score (nSPS) is 40.3. The number of piperazine rings is 1. The minimum Gasteiger partial charge on any atom is -0.395 e. The first-order chi connectivity index (χ1) is 19.6. The molecule has 1 aliphatic heterocycles. The van der Waals surface area contributed by atoms with Gasteiger partial charge in [-0.15, -0.1) is 0 Å². The molecular formula is C30H48N2O9S. The molecule has 0 aromatic carbocycles. The zero-order chi connectivity index (χ0) is 31.1. The van der Waals surface area contributed by atoms with Crippen molar-refractivity contribution in [3.05, 3.63) is 23.8 Å². The van der Waals surface area contributed by atoms with E-state index in [1.807, 2.05) is 17.9 Å². The molecule has 42 heavy (non-hydrogen) atoms. The fourth-order valence-electron chi connectivity index (χ4n) is 8.97. The number of aliphatic hydroxyl groups excluding tert-OH is 3. The summed E-state index contributed by atoms with van der Waals surface area (Å²) in [6, 6.07) is 0. The fraction of sp³-hybridized carbons (Fsp3) is 0.800. The van der Waals surface area contributed by atoms with E-state index in [9.17, 15) is 33.3 Å². The summed E-state index contributed by atoms with van der Waals surface area (Å²) in [6.07, 6.45) is 6.87. The van der Waals surface area contributed by atoms with Gasteiger partial charge < -0.3 is 20.4 Å². The molecule has 3 saturated carbocycles. The molecule has 5 rings (SSSR count). The van der Waals surface area contributed by atoms with Crippen molar-refractivity contribution >= 4 is 21.7 Å². The summed E-state index contributed by atoms with van der Waals surface area (Å²) in [5.74, 6) is -0.278. The zero-order valence-corrected chi connectivity index (χ0v) is 25.8. The lowest BCUT2D eigenvalue weighted by molar-refractivity contribution is -0.180. The molecule has 1 saturated heterocycles. The average Bonchev–Trinajstić information content (AvgIpc) is 3.19. The van der Waals surface area contributed by atoms with Gasteiger partial charge >= 0.3 is 0 Å². The van der Waals surface area contributed by atoms with Gasteiger partial charge in [-0.1, -0.05) is 32.4 Å². The number of Topliss-reactive ketones (excluding diaryl/α,β-unsaturated/α-hetero) is 1. The third kappa shape index (κ3) is 6.19. The molecule has 12 heteroatoms. The monoisotopic (exact) mass is 612 g/mol. The number of rotatable bonds is 7. The molecule has 0 amide bonds. The Morgan fingerprint density at radius 3 is 2.29 bits per heavy atom. The van der Waals surface area contributed by atoms with E-state index in [2.05, 4.69) is 18.7 Å². The van der Waals surface area contributed by atoms with Crippen LogP contribution in [0.15, 0.2) is 23.8 Å². The van der Waals surface area contributed by atoms with Gasteiger partial charge in [0.25, 0.3) is 10.1 Å². The van der Waals surface area contributed by atoms with Crippen molar-refractivity contribution in [2.45, 2.75) is 58.2 Å². The third-order valence-electron chi connectivity index (χ3n) is 11.1. The van der Waals surface area contributed by atoms with E-state index in [4.69, 9.17) is 9.66 Å². The van der Waals surface area contributed by atoms with E-state index < -0.39 is 39.6 Å². The van der Waals surface area contributed by atoms with Gasteiger partial charge in [-0.25, -0.2) is 0 Å². The van der Waals surface area contributed by atoms with E-state index in [1.165, 1.54) is 0 Å². The summed E-state index contributed by atoms with van der Waals surface area (Å²) in [7, 11) is -3.84. The SMILES string of the molecule is C[C@H]1C[C@@H]2[C@H]([C@@H](O)C[C@@]3(C)[C@H]2CC[C@]3(O)C(=O)CO)[C@@]2(C)C=CC(=O)C=C12.O=S(=O)(O)CCN1CCN(CCO)CC1. The smallest absolute Gasteiger partial charge is 0.266 e. The number of aliphatic hydroxyl groups is 4. The van der Waals surface area contributed by atoms with Crippen LogP contribution in [0.3, 0.4) is 0 Å². The first-order valence-corrected chi connectivity index (χ1v) is 16.7. The summed E-state index contributed by atoms with van der Waals surface area (Å²) in [5, 5.41) is 40.6. The number of nitrogens with zero attached hydrogens (tertiary/aromatic N) is 2. The molecule has 0 radical (unpaired) electrons. The molecular weight excluding hydrogens is 564 g/mol. The number of ketones is 2. The quantitative estimate of drug-likeness (QED) is 0.250. The first kappa shape index (κ1) is 33.4. The van der Waals surface area contributed by atoms with Crippen LogP contribution in [0.1, 0.15) is 46.5 Å². The number of hydrogen-bond donors (Lipinski definition) is 5. The van der Waals surface area contributed by atoms with Gasteiger partial charge in [0.1, 0.15) is 12.2 Å². The maximum absolute atomic E-state index is 12.4. The Labute approximate surface area is 249 Å². The summed E-state index contributed by atoms with van der Waals surface area (Å²) in [4.78, 5) is 28.5. The van der Waals surface area contributed by atoms with Crippen molar-refractivity contribution in [3.63, 3.8) is 0 Å². The van der Waals surface area contributed by atoms with Crippen molar-refractivity contribution < 1.29 is 43.0 Å². The number of fused-ring (bicyclic) bond motifs is 5. The molecule has 0 aromatic heterocycles. The van der Waals surface area contributed by atoms with Gasteiger partial charge in [-0.2, -0.15) is 8.42 Å². The topological polar surface area (TPSA) is 176 Å². The molecule has 0 aromatic rings. The van der Waals surface area contributed by atoms with Gasteiger partial charge in [-0.3, -0.25) is 23.9 Å². The molecule has 0 spiro atoms. The molecule has 4 aliphatic carbocycles. The second-order valence-electron chi connectivity index (χ2n) is 13.4. The fourth-order valence-corrected chi connectivity index (χ4v) is 9.45. The molecule has 0 unspecified atom stereocenters. The summed E-state index contributed by atoms with van der Waals surface area (Å²) in [6.45, 7) is 9.95. The van der Waals surface area contributed by atoms with E-state index in [1.54, 1.807) is 12.2 Å². The van der Waals surface area contributed by atoms with E-state index in [0.717, 1.165) is 44.6 Å². The number of β-amino-alcohol motifs (C(OH)–C–C–N with tert-alkyl or cyclic N) is 1. The van der Waals surface area contributed by atoms with Crippen LogP contribution in [0, 0.1) is 34.5 Å². The summed E-state index contributed by atoms with van der Waals surface area (Å²) < 4.78 is 29.6. The van der Waals surface area contributed by atoms with Gasteiger partial charge in [-0.05, 0) is 55.6 Å². The van der Waals surface area contributed by atoms with Crippen LogP contribution >= 0.6 is 0 Å². The molecule has 8 atom stereocenters. The Morgan fingerprint density at radius 1 is 1.10 bits per heavy atom. The highest BCUT2D eigenvalue weighted by molar-refractivity contribution is 7.85. The van der Waals surface area contributed by atoms with Crippen molar-refractivity contribution in [1.29, 1.82) is 0 Å². The predicted octanol–water partition coefficient (Wildman–Crippen LogP) is 0.288. The highest BCUT2D eigenvalue weighted by Gasteiger charge is 2.68. The minimum absolute atomic E-state index is 0.00620. The van der Waals surface area contributed by atoms with Crippen molar-refractivity contribution in [1.82, 2.24) is 9.80 Å².